The van der Waals surface area contributed by atoms with E-state index in [1.165, 1.54) is 0 Å². The fourth-order valence-electron chi connectivity index (χ4n) is 4.35. The summed E-state index contributed by atoms with van der Waals surface area (Å²) < 4.78 is 5.41. The SMILES string of the molecule is CCN1C(=O)C2(CCC(=O)N2C(=O)OCc2ccccc2)C1c1ccccc1. The van der Waals surface area contributed by atoms with Gasteiger partial charge in [0.25, 0.3) is 5.91 Å². The lowest BCUT2D eigenvalue weighted by Gasteiger charge is -2.56. The Morgan fingerprint density at radius 3 is 2.36 bits per heavy atom. The summed E-state index contributed by atoms with van der Waals surface area (Å²) in [5, 5.41) is 0. The first-order valence-electron chi connectivity index (χ1n) is 9.49. The van der Waals surface area contributed by atoms with Crippen molar-refractivity contribution in [3.05, 3.63) is 71.8 Å². The van der Waals surface area contributed by atoms with Crippen molar-refractivity contribution in [3.8, 4) is 0 Å². The number of nitrogens with zero attached hydrogens (tertiary/aromatic N) is 2. The Morgan fingerprint density at radius 1 is 1.07 bits per heavy atom. The van der Waals surface area contributed by atoms with Crippen molar-refractivity contribution in [2.75, 3.05) is 6.54 Å². The van der Waals surface area contributed by atoms with Crippen LogP contribution in [0.3, 0.4) is 0 Å². The number of rotatable bonds is 4. The molecule has 0 N–H and O–H groups in total. The normalized spacial score (nSPS) is 23.8. The van der Waals surface area contributed by atoms with Crippen molar-refractivity contribution in [1.29, 1.82) is 0 Å². The first-order chi connectivity index (χ1) is 13.6. The van der Waals surface area contributed by atoms with Crippen molar-refractivity contribution >= 4 is 17.9 Å². The Balaban J connectivity index is 1.63. The molecule has 6 heteroatoms. The summed E-state index contributed by atoms with van der Waals surface area (Å²) in [6, 6.07) is 18.5. The first-order valence-corrected chi connectivity index (χ1v) is 9.49. The van der Waals surface area contributed by atoms with Crippen LogP contribution in [0.4, 0.5) is 4.79 Å². The number of likely N-dealkylation sites (N-methyl/N-ethyl adjacent to an activating group) is 1. The quantitative estimate of drug-likeness (QED) is 0.766. The molecule has 2 heterocycles. The number of imide groups is 1. The molecule has 0 bridgehead atoms. The highest BCUT2D eigenvalue weighted by atomic mass is 16.6. The number of hydrogen-bond donors (Lipinski definition) is 0. The van der Waals surface area contributed by atoms with Crippen LogP contribution in [0.1, 0.15) is 36.9 Å². The largest absolute Gasteiger partial charge is 0.444 e. The number of ether oxygens (including phenoxy) is 1. The van der Waals surface area contributed by atoms with Crippen molar-refractivity contribution in [1.82, 2.24) is 9.80 Å². The lowest BCUT2D eigenvalue weighted by molar-refractivity contribution is -0.175. The van der Waals surface area contributed by atoms with Crippen LogP contribution in [0.15, 0.2) is 60.7 Å². The maximum Gasteiger partial charge on any atom is 0.417 e. The smallest absolute Gasteiger partial charge is 0.417 e. The molecule has 2 aromatic carbocycles. The summed E-state index contributed by atoms with van der Waals surface area (Å²) in [6.07, 6.45) is -0.273. The van der Waals surface area contributed by atoms with Gasteiger partial charge in [-0.15, -0.1) is 0 Å². The highest BCUT2D eigenvalue weighted by Gasteiger charge is 2.69. The molecule has 2 aliphatic rings. The van der Waals surface area contributed by atoms with Crippen LogP contribution in [0.25, 0.3) is 0 Å². The number of benzene rings is 2. The maximum atomic E-state index is 13.1. The second kappa shape index (κ2) is 7.11. The van der Waals surface area contributed by atoms with Crippen LogP contribution in [-0.2, 0) is 20.9 Å². The van der Waals surface area contributed by atoms with Crippen molar-refractivity contribution in [2.24, 2.45) is 0 Å². The van der Waals surface area contributed by atoms with Gasteiger partial charge in [0, 0.05) is 13.0 Å². The molecular formula is C22H22N2O4. The zero-order valence-electron chi connectivity index (χ0n) is 15.7. The van der Waals surface area contributed by atoms with E-state index in [2.05, 4.69) is 0 Å². The predicted molar refractivity (Wildman–Crippen MR) is 102 cm³/mol. The molecule has 4 rings (SSSR count). The number of hydrogen-bond acceptors (Lipinski definition) is 4. The van der Waals surface area contributed by atoms with Crippen molar-refractivity contribution in [2.45, 2.75) is 38.0 Å². The maximum absolute atomic E-state index is 13.1. The Hall–Kier alpha value is -3.15. The molecule has 0 aliphatic carbocycles. The fourth-order valence-corrected chi connectivity index (χ4v) is 4.35. The van der Waals surface area contributed by atoms with Crippen LogP contribution in [-0.4, -0.2) is 39.8 Å². The zero-order chi connectivity index (χ0) is 19.7. The Kier molecular flexibility index (Phi) is 4.63. The summed E-state index contributed by atoms with van der Waals surface area (Å²) >= 11 is 0. The van der Waals surface area contributed by atoms with Crippen LogP contribution in [0.2, 0.25) is 0 Å². The van der Waals surface area contributed by atoms with Gasteiger partial charge < -0.3 is 9.64 Å². The molecule has 2 atom stereocenters. The molecule has 6 nitrogen and oxygen atoms in total. The van der Waals surface area contributed by atoms with Crippen LogP contribution in [0.5, 0.6) is 0 Å². The number of carbonyl (C=O) groups is 3. The van der Waals surface area contributed by atoms with Gasteiger partial charge in [0.05, 0.1) is 6.04 Å². The molecule has 2 aliphatic heterocycles. The third-order valence-electron chi connectivity index (χ3n) is 5.61. The Morgan fingerprint density at radius 2 is 1.71 bits per heavy atom. The molecule has 2 unspecified atom stereocenters. The third-order valence-corrected chi connectivity index (χ3v) is 5.61. The zero-order valence-corrected chi connectivity index (χ0v) is 15.7. The highest BCUT2D eigenvalue weighted by molar-refractivity contribution is 6.07. The Labute approximate surface area is 163 Å². The molecule has 2 aromatic rings. The average Bonchev–Trinajstić information content (AvgIpc) is 3.10. The van der Waals surface area contributed by atoms with E-state index in [1.54, 1.807) is 4.90 Å². The first kappa shape index (κ1) is 18.2. The minimum atomic E-state index is -1.18. The molecule has 144 valence electrons. The number of β-lactam (4-membered cyclic amide) rings is 1. The third kappa shape index (κ3) is 2.68. The van der Waals surface area contributed by atoms with E-state index in [0.717, 1.165) is 16.0 Å². The summed E-state index contributed by atoms with van der Waals surface area (Å²) in [4.78, 5) is 41.3. The molecule has 0 radical (unpaired) electrons. The number of carbonyl (C=O) groups excluding carboxylic acids is 3. The van der Waals surface area contributed by atoms with Gasteiger partial charge in [0.2, 0.25) is 5.91 Å². The van der Waals surface area contributed by atoms with Gasteiger partial charge in [0.15, 0.2) is 5.54 Å². The molecule has 28 heavy (non-hydrogen) atoms. The summed E-state index contributed by atoms with van der Waals surface area (Å²) in [7, 11) is 0. The number of likely N-dealkylation sites (tertiary alicyclic amines) is 2. The second-order valence-corrected chi connectivity index (χ2v) is 7.10. The second-order valence-electron chi connectivity index (χ2n) is 7.10. The van der Waals surface area contributed by atoms with E-state index in [1.807, 2.05) is 67.6 Å². The van der Waals surface area contributed by atoms with E-state index in [-0.39, 0.29) is 30.9 Å². The van der Waals surface area contributed by atoms with E-state index in [0.29, 0.717) is 13.0 Å². The molecule has 0 saturated carbocycles. The molecular weight excluding hydrogens is 356 g/mol. The summed E-state index contributed by atoms with van der Waals surface area (Å²) in [5.74, 6) is -0.547. The van der Waals surface area contributed by atoms with Crippen LogP contribution >= 0.6 is 0 Å². The minimum Gasteiger partial charge on any atom is -0.444 e. The van der Waals surface area contributed by atoms with E-state index in [9.17, 15) is 14.4 Å². The molecule has 1 spiro atoms. The lowest BCUT2D eigenvalue weighted by Crippen LogP contribution is -2.74. The predicted octanol–water partition coefficient (Wildman–Crippen LogP) is 3.29. The van der Waals surface area contributed by atoms with E-state index < -0.39 is 11.6 Å². The highest BCUT2D eigenvalue weighted by Crippen LogP contribution is 2.53. The molecule has 0 aromatic heterocycles. The lowest BCUT2D eigenvalue weighted by atomic mass is 9.73. The summed E-state index contributed by atoms with van der Waals surface area (Å²) in [6.45, 7) is 2.47. The molecule has 3 amide bonds. The van der Waals surface area contributed by atoms with Crippen LogP contribution < -0.4 is 0 Å². The van der Waals surface area contributed by atoms with Gasteiger partial charge in [-0.2, -0.15) is 0 Å². The van der Waals surface area contributed by atoms with Gasteiger partial charge in [-0.1, -0.05) is 60.7 Å². The molecule has 2 saturated heterocycles. The van der Waals surface area contributed by atoms with E-state index >= 15 is 0 Å². The van der Waals surface area contributed by atoms with E-state index in [4.69, 9.17) is 4.74 Å². The standard InChI is InChI=1S/C22H22N2O4/c1-2-23-19(17-11-7-4-8-12-17)22(20(23)26)14-13-18(25)24(22)21(27)28-15-16-9-5-3-6-10-16/h3-12,19H,2,13-15H2,1H3. The Bertz CT molecular complexity index is 899. The average molecular weight is 378 g/mol. The molecule has 2 fully saturated rings. The van der Waals surface area contributed by atoms with Gasteiger partial charge in [0.1, 0.15) is 6.61 Å². The fraction of sp³-hybridized carbons (Fsp3) is 0.318. The van der Waals surface area contributed by atoms with Crippen LogP contribution in [0, 0.1) is 0 Å². The topological polar surface area (TPSA) is 66.9 Å². The van der Waals surface area contributed by atoms with Gasteiger partial charge in [-0.25, -0.2) is 9.69 Å². The van der Waals surface area contributed by atoms with Crippen molar-refractivity contribution < 1.29 is 19.1 Å². The minimum absolute atomic E-state index is 0.0568. The summed E-state index contributed by atoms with van der Waals surface area (Å²) in [5.41, 5.74) is 0.563. The van der Waals surface area contributed by atoms with Gasteiger partial charge in [-0.3, -0.25) is 9.59 Å². The van der Waals surface area contributed by atoms with Gasteiger partial charge >= 0.3 is 6.09 Å². The van der Waals surface area contributed by atoms with Gasteiger partial charge in [-0.05, 0) is 24.5 Å². The van der Waals surface area contributed by atoms with Crippen molar-refractivity contribution in [3.63, 3.8) is 0 Å². The number of amides is 3. The monoisotopic (exact) mass is 378 g/mol.